The lowest BCUT2D eigenvalue weighted by atomic mass is 9.47. The van der Waals surface area contributed by atoms with Crippen molar-refractivity contribution in [1.82, 2.24) is 0 Å². The van der Waals surface area contributed by atoms with Crippen molar-refractivity contribution in [3.05, 3.63) is 182 Å². The van der Waals surface area contributed by atoms with Crippen LogP contribution in [0.15, 0.2) is 182 Å². The molecule has 0 bridgehead atoms. The first kappa shape index (κ1) is 33.3. The van der Waals surface area contributed by atoms with Crippen LogP contribution in [0.5, 0.6) is 0 Å². The van der Waals surface area contributed by atoms with Gasteiger partial charge in [-0.1, -0.05) is 189 Å². The quantitative estimate of drug-likeness (QED) is 0.233. The highest BCUT2D eigenvalue weighted by Gasteiger charge is 2.30. The molecule has 0 atom stereocenters. The van der Waals surface area contributed by atoms with Gasteiger partial charge in [0, 0.05) is 13.2 Å². The fraction of sp³-hybridized carbons (Fsp3) is 0.0769. The Morgan fingerprint density at radius 3 is 0.800 bits per heavy atom. The van der Waals surface area contributed by atoms with E-state index in [-0.39, 0.29) is 28.2 Å². The van der Waals surface area contributed by atoms with Crippen LogP contribution < -0.4 is 38.5 Å². The van der Waals surface area contributed by atoms with Gasteiger partial charge in [0.2, 0.25) is 0 Å². The zero-order valence-corrected chi connectivity index (χ0v) is 24.9. The summed E-state index contributed by atoms with van der Waals surface area (Å²) in [5, 5.41) is 0. The fourth-order valence-electron chi connectivity index (χ4n) is 5.17. The summed E-state index contributed by atoms with van der Waals surface area (Å²) in [6, 6.07) is 62.1. The minimum absolute atomic E-state index is 0. The minimum Gasteiger partial charge on any atom is -0.484 e. The van der Waals surface area contributed by atoms with Gasteiger partial charge in [-0.15, -0.1) is 0 Å². The van der Waals surface area contributed by atoms with Crippen LogP contribution >= 0.6 is 0 Å². The number of hydrogen-bond donors (Lipinski definition) is 1. The molecule has 6 aromatic carbocycles. The third-order valence-electron chi connectivity index (χ3n) is 7.29. The molecular weight excluding hydrogens is 547 g/mol. The molecule has 0 fully saturated rings. The van der Waals surface area contributed by atoms with E-state index >= 15 is 0 Å². The van der Waals surface area contributed by atoms with Crippen LogP contribution in [-0.2, 0) is 9.23 Å². The lowest BCUT2D eigenvalue weighted by Gasteiger charge is -2.22. The average molecular weight is 587 g/mol. The van der Waals surface area contributed by atoms with E-state index in [2.05, 4.69) is 121 Å². The largest absolute Gasteiger partial charge is 0.484 e. The highest BCUT2D eigenvalue weighted by molar-refractivity contribution is 6.91. The van der Waals surface area contributed by atoms with Crippen molar-refractivity contribution in [2.45, 2.75) is 7.43 Å². The van der Waals surface area contributed by atoms with Gasteiger partial charge in [-0.3, -0.25) is 0 Å². The smallest absolute Gasteiger partial charge is 0.361 e. The van der Waals surface area contributed by atoms with E-state index in [1.807, 2.05) is 60.7 Å². The van der Waals surface area contributed by atoms with E-state index in [9.17, 15) is 0 Å². The zero-order chi connectivity index (χ0) is 30.2. The molecule has 0 aliphatic rings. The summed E-state index contributed by atoms with van der Waals surface area (Å²) in [6.07, 6.45) is 0. The summed E-state index contributed by atoms with van der Waals surface area (Å²) in [4.78, 5) is 0. The summed E-state index contributed by atoms with van der Waals surface area (Å²) in [5.74, 6) is 0. The summed E-state index contributed by atoms with van der Waals surface area (Å²) in [7, 11) is 0. The van der Waals surface area contributed by atoms with Crippen LogP contribution in [0.1, 0.15) is 7.43 Å². The maximum Gasteiger partial charge on any atom is 0.361 e. The molecule has 6 aromatic rings. The van der Waals surface area contributed by atoms with Crippen LogP contribution in [-0.4, -0.2) is 33.9 Å². The first-order valence-corrected chi connectivity index (χ1v) is 15.1. The molecule has 0 aliphatic carbocycles. The molecule has 0 spiro atoms. The number of nitrogens with two attached hydrogens (primary N) is 1. The van der Waals surface area contributed by atoms with Crippen molar-refractivity contribution in [3.63, 3.8) is 0 Å². The fourth-order valence-corrected chi connectivity index (χ4v) is 5.17. The van der Waals surface area contributed by atoms with Gasteiger partial charge in [0.15, 0.2) is 0 Å². The predicted octanol–water partition coefficient (Wildman–Crippen LogP) is 4.02. The van der Waals surface area contributed by atoms with Gasteiger partial charge in [0.25, 0.3) is 0 Å². The first-order valence-electron chi connectivity index (χ1n) is 15.1. The second kappa shape index (κ2) is 18.3. The molecule has 0 saturated heterocycles. The molecular formula is C39H40B3NO2. The SMILES string of the molecule is C.NCCOB(c1ccccc1)c1ccccc1.c1ccc(B(OB(c2ccccc2)c2ccccc2)c2ccccc2)cc1. The summed E-state index contributed by atoms with van der Waals surface area (Å²) >= 11 is 0. The third kappa shape index (κ3) is 9.69. The standard InChI is InChI=1S/C24H20B2O.C14H16BNO.CH4/c1-5-13-21(14-6-1)25(22-15-7-2-8-16-22)27-26(23-17-9-3-10-18-23)24-19-11-4-12-20-24;16-11-12-17-15(13-7-3-1-4-8-13)14-9-5-2-6-10-14;/h1-20H;1-10H,11-12,16H2;1H4. The average Bonchev–Trinajstić information content (AvgIpc) is 3.12. The van der Waals surface area contributed by atoms with Gasteiger partial charge < -0.3 is 15.0 Å². The first-order chi connectivity index (χ1) is 21.8. The van der Waals surface area contributed by atoms with Crippen LogP contribution in [0.2, 0.25) is 0 Å². The number of hydrogen-bond acceptors (Lipinski definition) is 3. The molecule has 0 heterocycles. The summed E-state index contributed by atoms with van der Waals surface area (Å²) in [6.45, 7) is 0.793. The van der Waals surface area contributed by atoms with Crippen molar-refractivity contribution in [1.29, 1.82) is 0 Å². The van der Waals surface area contributed by atoms with E-state index in [0.29, 0.717) is 13.2 Å². The van der Waals surface area contributed by atoms with Crippen molar-refractivity contribution >= 4 is 53.5 Å². The highest BCUT2D eigenvalue weighted by Crippen LogP contribution is 2.01. The number of benzene rings is 6. The van der Waals surface area contributed by atoms with Crippen LogP contribution in [0.4, 0.5) is 0 Å². The molecule has 0 unspecified atom stereocenters. The molecule has 45 heavy (non-hydrogen) atoms. The van der Waals surface area contributed by atoms with E-state index in [4.69, 9.17) is 15.0 Å². The molecule has 0 radical (unpaired) electrons. The summed E-state index contributed by atoms with van der Waals surface area (Å²) in [5.41, 5.74) is 12.4. The molecule has 2 N–H and O–H groups in total. The van der Waals surface area contributed by atoms with Gasteiger partial charge in [0.1, 0.15) is 0 Å². The lowest BCUT2D eigenvalue weighted by molar-refractivity contribution is 0.344. The molecule has 6 rings (SSSR count). The Hall–Kier alpha value is -4.61. The molecule has 222 valence electrons. The molecule has 0 aliphatic heterocycles. The lowest BCUT2D eigenvalue weighted by Crippen LogP contribution is -2.55. The third-order valence-corrected chi connectivity index (χ3v) is 7.29. The Bertz CT molecular complexity index is 1410. The monoisotopic (exact) mass is 587 g/mol. The molecule has 0 amide bonds. The molecule has 0 aromatic heterocycles. The maximum atomic E-state index is 6.79. The van der Waals surface area contributed by atoms with Gasteiger partial charge in [-0.2, -0.15) is 0 Å². The maximum absolute atomic E-state index is 6.79. The normalized spacial score (nSPS) is 10.1. The molecule has 6 heteroatoms. The predicted molar refractivity (Wildman–Crippen MR) is 197 cm³/mol. The van der Waals surface area contributed by atoms with Gasteiger partial charge in [-0.25, -0.2) is 0 Å². The topological polar surface area (TPSA) is 44.5 Å². The Balaban J connectivity index is 0.000000222. The molecule has 3 nitrogen and oxygen atoms in total. The minimum atomic E-state index is -0.141. The van der Waals surface area contributed by atoms with Crippen molar-refractivity contribution in [2.24, 2.45) is 5.73 Å². The Kier molecular flexibility index (Phi) is 13.5. The van der Waals surface area contributed by atoms with Crippen LogP contribution in [0.25, 0.3) is 0 Å². The highest BCUT2D eigenvalue weighted by atomic mass is 16.4. The molecule has 0 saturated carbocycles. The second-order valence-electron chi connectivity index (χ2n) is 10.4. The number of rotatable bonds is 11. The van der Waals surface area contributed by atoms with E-state index in [1.165, 1.54) is 0 Å². The van der Waals surface area contributed by atoms with E-state index in [0.717, 1.165) is 32.8 Å². The second-order valence-corrected chi connectivity index (χ2v) is 10.4. The van der Waals surface area contributed by atoms with Gasteiger partial charge in [-0.05, 0) is 32.8 Å². The summed E-state index contributed by atoms with van der Waals surface area (Å²) < 4.78 is 12.6. The Labute approximate surface area is 270 Å². The van der Waals surface area contributed by atoms with E-state index in [1.54, 1.807) is 0 Å². The van der Waals surface area contributed by atoms with Gasteiger partial charge >= 0.3 is 20.7 Å². The Morgan fingerprint density at radius 2 is 0.578 bits per heavy atom. The van der Waals surface area contributed by atoms with Gasteiger partial charge in [0.05, 0.1) is 0 Å². The van der Waals surface area contributed by atoms with Crippen molar-refractivity contribution in [3.8, 4) is 0 Å². The zero-order valence-electron chi connectivity index (χ0n) is 24.9. The van der Waals surface area contributed by atoms with Crippen molar-refractivity contribution in [2.75, 3.05) is 13.2 Å². The van der Waals surface area contributed by atoms with Crippen molar-refractivity contribution < 1.29 is 9.23 Å². The Morgan fingerprint density at radius 1 is 0.356 bits per heavy atom. The van der Waals surface area contributed by atoms with E-state index < -0.39 is 0 Å². The van der Waals surface area contributed by atoms with Crippen LogP contribution in [0.3, 0.4) is 0 Å². The van der Waals surface area contributed by atoms with Crippen LogP contribution in [0, 0.1) is 0 Å².